The Balaban J connectivity index is 2.58. The van der Waals surface area contributed by atoms with Gasteiger partial charge in [-0.25, -0.2) is 9.18 Å². The van der Waals surface area contributed by atoms with E-state index < -0.39 is 30.3 Å². The molecule has 21 heavy (non-hydrogen) atoms. The number of nitrogens with one attached hydrogen (secondary N) is 1. The third-order valence-corrected chi connectivity index (χ3v) is 3.34. The molecule has 0 aliphatic heterocycles. The van der Waals surface area contributed by atoms with Crippen molar-refractivity contribution in [1.82, 2.24) is 5.32 Å². The standard InChI is InChI=1S/C14H17ClFNO4/c1-3-8(2)13(14(19)20)17-12(18)7-21-11-5-4-9(16)6-10(11)15/h4-6,8,13H,3,7H2,1-2H3,(H,17,18)(H,19,20)/t8?,13-/m0/s1. The molecule has 5 nitrogen and oxygen atoms in total. The van der Waals surface area contributed by atoms with Gasteiger partial charge in [0, 0.05) is 0 Å². The average molecular weight is 318 g/mol. The topological polar surface area (TPSA) is 75.6 Å². The lowest BCUT2D eigenvalue weighted by Crippen LogP contribution is -2.46. The van der Waals surface area contributed by atoms with Crippen LogP contribution in [0, 0.1) is 11.7 Å². The maximum Gasteiger partial charge on any atom is 0.326 e. The summed E-state index contributed by atoms with van der Waals surface area (Å²) in [5, 5.41) is 11.5. The summed E-state index contributed by atoms with van der Waals surface area (Å²) in [5.74, 6) is -2.25. The molecule has 1 aromatic carbocycles. The molecule has 0 aromatic heterocycles. The molecule has 0 aliphatic rings. The van der Waals surface area contributed by atoms with Crippen LogP contribution in [0.2, 0.25) is 5.02 Å². The van der Waals surface area contributed by atoms with Gasteiger partial charge in [-0.1, -0.05) is 31.9 Å². The van der Waals surface area contributed by atoms with Gasteiger partial charge >= 0.3 is 5.97 Å². The van der Waals surface area contributed by atoms with Crippen molar-refractivity contribution in [2.75, 3.05) is 6.61 Å². The van der Waals surface area contributed by atoms with E-state index >= 15 is 0 Å². The fraction of sp³-hybridized carbons (Fsp3) is 0.429. The third kappa shape index (κ3) is 5.23. The first kappa shape index (κ1) is 17.2. The largest absolute Gasteiger partial charge is 0.482 e. The summed E-state index contributed by atoms with van der Waals surface area (Å²) >= 11 is 5.75. The highest BCUT2D eigenvalue weighted by molar-refractivity contribution is 6.32. The minimum Gasteiger partial charge on any atom is -0.482 e. The van der Waals surface area contributed by atoms with Gasteiger partial charge < -0.3 is 15.2 Å². The quantitative estimate of drug-likeness (QED) is 0.810. The number of ether oxygens (including phenoxy) is 1. The van der Waals surface area contributed by atoms with E-state index in [1.165, 1.54) is 6.07 Å². The number of benzene rings is 1. The fourth-order valence-corrected chi connectivity index (χ4v) is 1.86. The summed E-state index contributed by atoms with van der Waals surface area (Å²) in [4.78, 5) is 22.8. The molecule has 0 saturated heterocycles. The highest BCUT2D eigenvalue weighted by Gasteiger charge is 2.25. The molecular weight excluding hydrogens is 301 g/mol. The second-order valence-electron chi connectivity index (χ2n) is 4.63. The lowest BCUT2D eigenvalue weighted by molar-refractivity contribution is -0.143. The normalized spacial score (nSPS) is 13.3. The Kier molecular flexibility index (Phi) is 6.42. The van der Waals surface area contributed by atoms with E-state index in [9.17, 15) is 14.0 Å². The Labute approximate surface area is 127 Å². The Morgan fingerprint density at radius 1 is 1.48 bits per heavy atom. The lowest BCUT2D eigenvalue weighted by atomic mass is 9.99. The van der Waals surface area contributed by atoms with Crippen molar-refractivity contribution in [3.63, 3.8) is 0 Å². The molecule has 0 saturated carbocycles. The van der Waals surface area contributed by atoms with Crippen molar-refractivity contribution in [1.29, 1.82) is 0 Å². The van der Waals surface area contributed by atoms with Gasteiger partial charge in [0.25, 0.3) is 5.91 Å². The van der Waals surface area contributed by atoms with E-state index in [1.54, 1.807) is 6.92 Å². The van der Waals surface area contributed by atoms with E-state index in [0.29, 0.717) is 6.42 Å². The van der Waals surface area contributed by atoms with Crippen LogP contribution in [0.3, 0.4) is 0 Å². The zero-order chi connectivity index (χ0) is 16.0. The zero-order valence-electron chi connectivity index (χ0n) is 11.7. The van der Waals surface area contributed by atoms with E-state index in [4.69, 9.17) is 21.4 Å². The van der Waals surface area contributed by atoms with Crippen molar-refractivity contribution in [2.24, 2.45) is 5.92 Å². The first-order valence-corrected chi connectivity index (χ1v) is 6.83. The molecule has 0 spiro atoms. The highest BCUT2D eigenvalue weighted by atomic mass is 35.5. The van der Waals surface area contributed by atoms with Crippen LogP contribution in [0.5, 0.6) is 5.75 Å². The zero-order valence-corrected chi connectivity index (χ0v) is 12.5. The fourth-order valence-electron chi connectivity index (χ4n) is 1.63. The number of carboxylic acid groups (broad SMARTS) is 1. The van der Waals surface area contributed by atoms with E-state index in [2.05, 4.69) is 5.32 Å². The summed E-state index contributed by atoms with van der Waals surface area (Å²) < 4.78 is 18.0. The molecule has 0 radical (unpaired) electrons. The van der Waals surface area contributed by atoms with Gasteiger partial charge in [0.2, 0.25) is 0 Å². The molecule has 2 N–H and O–H groups in total. The van der Waals surface area contributed by atoms with Crippen LogP contribution in [0.4, 0.5) is 4.39 Å². The summed E-state index contributed by atoms with van der Waals surface area (Å²) in [6.45, 7) is 3.17. The maximum absolute atomic E-state index is 12.9. The minimum atomic E-state index is -1.10. The maximum atomic E-state index is 12.9. The summed E-state index contributed by atoms with van der Waals surface area (Å²) in [7, 11) is 0. The monoisotopic (exact) mass is 317 g/mol. The third-order valence-electron chi connectivity index (χ3n) is 3.05. The van der Waals surface area contributed by atoms with E-state index in [0.717, 1.165) is 12.1 Å². The number of hydrogen-bond acceptors (Lipinski definition) is 3. The molecule has 1 amide bonds. The van der Waals surface area contributed by atoms with Gasteiger partial charge in [-0.3, -0.25) is 4.79 Å². The van der Waals surface area contributed by atoms with Crippen molar-refractivity contribution in [2.45, 2.75) is 26.3 Å². The molecule has 0 heterocycles. The van der Waals surface area contributed by atoms with Crippen LogP contribution >= 0.6 is 11.6 Å². The SMILES string of the molecule is CCC(C)[C@H](NC(=O)COc1ccc(F)cc1Cl)C(=O)O. The number of aliphatic carboxylic acids is 1. The predicted molar refractivity (Wildman–Crippen MR) is 75.9 cm³/mol. The molecule has 0 aliphatic carbocycles. The number of halogens is 2. The number of hydrogen-bond donors (Lipinski definition) is 2. The van der Waals surface area contributed by atoms with Crippen LogP contribution < -0.4 is 10.1 Å². The van der Waals surface area contributed by atoms with Gasteiger partial charge in [-0.15, -0.1) is 0 Å². The Morgan fingerprint density at radius 2 is 2.14 bits per heavy atom. The van der Waals surface area contributed by atoms with Crippen LogP contribution in [-0.2, 0) is 9.59 Å². The Bertz CT molecular complexity index is 524. The lowest BCUT2D eigenvalue weighted by Gasteiger charge is -2.20. The predicted octanol–water partition coefficient (Wildman–Crippen LogP) is 2.47. The Morgan fingerprint density at radius 3 is 2.67 bits per heavy atom. The molecular formula is C14H17ClFNO4. The van der Waals surface area contributed by atoms with Crippen LogP contribution in [0.15, 0.2) is 18.2 Å². The molecule has 7 heteroatoms. The van der Waals surface area contributed by atoms with Crippen LogP contribution in [-0.4, -0.2) is 29.6 Å². The molecule has 1 aromatic rings. The van der Waals surface area contributed by atoms with Gasteiger partial charge in [-0.05, 0) is 24.1 Å². The van der Waals surface area contributed by atoms with Crippen molar-refractivity contribution in [3.8, 4) is 5.75 Å². The van der Waals surface area contributed by atoms with Gasteiger partial charge in [0.1, 0.15) is 17.6 Å². The summed E-state index contributed by atoms with van der Waals surface area (Å²) in [6.07, 6.45) is 0.613. The van der Waals surface area contributed by atoms with E-state index in [-0.39, 0.29) is 16.7 Å². The molecule has 1 unspecified atom stereocenters. The van der Waals surface area contributed by atoms with E-state index in [1.807, 2.05) is 6.92 Å². The van der Waals surface area contributed by atoms with Crippen molar-refractivity contribution >= 4 is 23.5 Å². The Hall–Kier alpha value is -1.82. The first-order chi connectivity index (χ1) is 9.85. The number of rotatable bonds is 7. The van der Waals surface area contributed by atoms with Gasteiger partial charge in [0.05, 0.1) is 5.02 Å². The highest BCUT2D eigenvalue weighted by Crippen LogP contribution is 2.24. The number of carboxylic acids is 1. The number of carbonyl (C=O) groups is 2. The molecule has 2 atom stereocenters. The molecule has 0 fully saturated rings. The van der Waals surface area contributed by atoms with Gasteiger partial charge in [-0.2, -0.15) is 0 Å². The summed E-state index contributed by atoms with van der Waals surface area (Å²) in [6, 6.07) is 2.54. The smallest absolute Gasteiger partial charge is 0.326 e. The number of amides is 1. The minimum absolute atomic E-state index is 0.0412. The summed E-state index contributed by atoms with van der Waals surface area (Å²) in [5.41, 5.74) is 0. The average Bonchev–Trinajstić information content (AvgIpc) is 2.42. The van der Waals surface area contributed by atoms with Crippen LogP contribution in [0.1, 0.15) is 20.3 Å². The number of carbonyl (C=O) groups excluding carboxylic acids is 1. The second kappa shape index (κ2) is 7.83. The van der Waals surface area contributed by atoms with Gasteiger partial charge in [0.15, 0.2) is 6.61 Å². The van der Waals surface area contributed by atoms with Crippen molar-refractivity contribution < 1.29 is 23.8 Å². The second-order valence-corrected chi connectivity index (χ2v) is 5.04. The molecule has 1 rings (SSSR count). The van der Waals surface area contributed by atoms with Crippen LogP contribution in [0.25, 0.3) is 0 Å². The molecule has 0 bridgehead atoms. The first-order valence-electron chi connectivity index (χ1n) is 6.45. The van der Waals surface area contributed by atoms with Crippen molar-refractivity contribution in [3.05, 3.63) is 29.0 Å². The molecule has 116 valence electrons.